The van der Waals surface area contributed by atoms with Crippen LogP contribution in [0.4, 0.5) is 5.82 Å². The number of aliphatic carboxylic acids is 1. The third-order valence-corrected chi connectivity index (χ3v) is 2.23. The van der Waals surface area contributed by atoms with Crippen LogP contribution in [0.5, 0.6) is 0 Å². The lowest BCUT2D eigenvalue weighted by Crippen LogP contribution is -2.04. The molecule has 0 aliphatic heterocycles. The Kier molecular flexibility index (Phi) is 3.70. The van der Waals surface area contributed by atoms with Gasteiger partial charge in [-0.1, -0.05) is 11.8 Å². The molecule has 3 N–H and O–H groups in total. The van der Waals surface area contributed by atoms with Crippen LogP contribution in [0.2, 0.25) is 0 Å². The summed E-state index contributed by atoms with van der Waals surface area (Å²) in [5.74, 6) is -0.482. The molecule has 0 aliphatic rings. The highest BCUT2D eigenvalue weighted by Crippen LogP contribution is 2.14. The first-order valence-corrected chi connectivity index (χ1v) is 5.23. The molecule has 1 aromatic heterocycles. The molecule has 0 saturated carbocycles. The van der Waals surface area contributed by atoms with E-state index in [2.05, 4.69) is 9.97 Å². The summed E-state index contributed by atoms with van der Waals surface area (Å²) in [7, 11) is 0. The summed E-state index contributed by atoms with van der Waals surface area (Å²) < 4.78 is 0. The normalized spacial score (nSPS) is 10.1. The summed E-state index contributed by atoms with van der Waals surface area (Å²) in [6.07, 6.45) is 3.85. The van der Waals surface area contributed by atoms with Crippen molar-refractivity contribution in [3.05, 3.63) is 11.8 Å². The van der Waals surface area contributed by atoms with Crippen LogP contribution in [0.15, 0.2) is 11.4 Å². The molecule has 0 atom stereocenters. The molecule has 0 fully saturated rings. The Morgan fingerprint density at radius 1 is 1.71 bits per heavy atom. The molecule has 0 aliphatic carbocycles. The Hall–Kier alpha value is -1.30. The van der Waals surface area contributed by atoms with Gasteiger partial charge in [0.2, 0.25) is 0 Å². The van der Waals surface area contributed by atoms with Gasteiger partial charge in [0.1, 0.15) is 5.82 Å². The fourth-order valence-electron chi connectivity index (χ4n) is 0.936. The first-order valence-electron chi connectivity index (χ1n) is 4.00. The number of carbonyl (C=O) groups is 1. The summed E-state index contributed by atoms with van der Waals surface area (Å²) in [6.45, 7) is 0. The summed E-state index contributed by atoms with van der Waals surface area (Å²) in [6, 6.07) is 0. The fraction of sp³-hybridized carbons (Fsp3) is 0.375. The lowest BCUT2D eigenvalue weighted by atomic mass is 10.2. The molecule has 1 heterocycles. The van der Waals surface area contributed by atoms with Crippen LogP contribution in [-0.2, 0) is 11.2 Å². The highest BCUT2D eigenvalue weighted by Gasteiger charge is 2.05. The number of aromatic nitrogens is 2. The molecule has 6 heteroatoms. The van der Waals surface area contributed by atoms with Crippen LogP contribution in [0, 0.1) is 0 Å². The molecule has 1 rings (SSSR count). The minimum atomic E-state index is -0.849. The zero-order valence-corrected chi connectivity index (χ0v) is 8.54. The van der Waals surface area contributed by atoms with Crippen molar-refractivity contribution in [1.82, 2.24) is 9.97 Å². The highest BCUT2D eigenvalue weighted by molar-refractivity contribution is 7.98. The number of carboxylic acid groups (broad SMARTS) is 1. The molecule has 1 aromatic rings. The van der Waals surface area contributed by atoms with Crippen molar-refractivity contribution >= 4 is 23.5 Å². The van der Waals surface area contributed by atoms with E-state index in [4.69, 9.17) is 10.8 Å². The third-order valence-electron chi connectivity index (χ3n) is 1.67. The van der Waals surface area contributed by atoms with Crippen molar-refractivity contribution in [3.8, 4) is 0 Å². The van der Waals surface area contributed by atoms with Crippen LogP contribution in [-0.4, -0.2) is 27.3 Å². The highest BCUT2D eigenvalue weighted by atomic mass is 32.2. The van der Waals surface area contributed by atoms with Crippen molar-refractivity contribution in [3.63, 3.8) is 0 Å². The molecular formula is C8H11N3O2S. The summed E-state index contributed by atoms with van der Waals surface area (Å²) in [4.78, 5) is 18.3. The van der Waals surface area contributed by atoms with Gasteiger partial charge in [0, 0.05) is 18.2 Å². The number of hydrogen-bond acceptors (Lipinski definition) is 5. The van der Waals surface area contributed by atoms with E-state index in [1.165, 1.54) is 11.8 Å². The number of carboxylic acids is 1. The van der Waals surface area contributed by atoms with Gasteiger partial charge in [0.25, 0.3) is 0 Å². The maximum absolute atomic E-state index is 10.3. The smallest absolute Gasteiger partial charge is 0.303 e. The summed E-state index contributed by atoms with van der Waals surface area (Å²) in [5.41, 5.74) is 6.31. The van der Waals surface area contributed by atoms with Gasteiger partial charge in [-0.05, 0) is 12.7 Å². The second-order valence-corrected chi connectivity index (χ2v) is 3.43. The summed E-state index contributed by atoms with van der Waals surface area (Å²) >= 11 is 1.40. The number of anilines is 1. The van der Waals surface area contributed by atoms with E-state index in [0.29, 0.717) is 23.0 Å². The van der Waals surface area contributed by atoms with Crippen LogP contribution < -0.4 is 5.73 Å². The zero-order chi connectivity index (χ0) is 10.6. The maximum atomic E-state index is 10.3. The molecule has 0 radical (unpaired) electrons. The molecule has 0 amide bonds. The minimum absolute atomic E-state index is 0.0478. The van der Waals surface area contributed by atoms with Gasteiger partial charge < -0.3 is 10.8 Å². The molecular weight excluding hydrogens is 202 g/mol. The Morgan fingerprint density at radius 3 is 2.93 bits per heavy atom. The van der Waals surface area contributed by atoms with Crippen LogP contribution in [0.1, 0.15) is 12.0 Å². The van der Waals surface area contributed by atoms with E-state index in [0.717, 1.165) is 0 Å². The number of nitrogen functional groups attached to an aromatic ring is 1. The van der Waals surface area contributed by atoms with E-state index < -0.39 is 5.97 Å². The molecule has 0 bridgehead atoms. The van der Waals surface area contributed by atoms with Crippen LogP contribution in [0.25, 0.3) is 0 Å². The van der Waals surface area contributed by atoms with E-state index in [1.807, 2.05) is 6.26 Å². The second kappa shape index (κ2) is 4.80. The predicted molar refractivity (Wildman–Crippen MR) is 54.2 cm³/mol. The lowest BCUT2D eigenvalue weighted by Gasteiger charge is -2.03. The van der Waals surface area contributed by atoms with Gasteiger partial charge in [-0.25, -0.2) is 9.97 Å². The first kappa shape index (κ1) is 10.8. The molecule has 0 unspecified atom stereocenters. The first-order chi connectivity index (χ1) is 6.63. The van der Waals surface area contributed by atoms with E-state index >= 15 is 0 Å². The largest absolute Gasteiger partial charge is 0.481 e. The van der Waals surface area contributed by atoms with Gasteiger partial charge in [-0.3, -0.25) is 4.79 Å². The number of hydrogen-bond donors (Lipinski definition) is 2. The Labute approximate surface area is 85.7 Å². The number of rotatable bonds is 4. The average molecular weight is 213 g/mol. The quantitative estimate of drug-likeness (QED) is 0.568. The summed E-state index contributed by atoms with van der Waals surface area (Å²) in [5, 5.41) is 9.08. The number of nitrogens with two attached hydrogens (primary N) is 1. The monoisotopic (exact) mass is 213 g/mol. The molecule has 0 saturated heterocycles. The SMILES string of the molecule is CSc1ncc(CCC(=O)O)c(N)n1. The number of nitrogens with zero attached hydrogens (tertiary/aromatic N) is 2. The Bertz CT molecular complexity index is 343. The standard InChI is InChI=1S/C8H11N3O2S/c1-14-8-10-4-5(7(9)11-8)2-3-6(12)13/h4H,2-3H2,1H3,(H,12,13)(H2,9,10,11). The van der Waals surface area contributed by atoms with Gasteiger partial charge in [0.15, 0.2) is 5.16 Å². The van der Waals surface area contributed by atoms with Gasteiger partial charge >= 0.3 is 5.97 Å². The molecule has 0 aromatic carbocycles. The van der Waals surface area contributed by atoms with E-state index in [-0.39, 0.29) is 6.42 Å². The number of thioether (sulfide) groups is 1. The molecule has 14 heavy (non-hydrogen) atoms. The molecule has 5 nitrogen and oxygen atoms in total. The lowest BCUT2D eigenvalue weighted by molar-refractivity contribution is -0.136. The minimum Gasteiger partial charge on any atom is -0.481 e. The van der Waals surface area contributed by atoms with Gasteiger partial charge in [0.05, 0.1) is 0 Å². The van der Waals surface area contributed by atoms with Gasteiger partial charge in [-0.15, -0.1) is 0 Å². The number of aryl methyl sites for hydroxylation is 1. The average Bonchev–Trinajstić information content (AvgIpc) is 2.15. The van der Waals surface area contributed by atoms with Crippen LogP contribution in [0.3, 0.4) is 0 Å². The predicted octanol–water partition coefficient (Wildman–Crippen LogP) is 0.798. The van der Waals surface area contributed by atoms with E-state index in [9.17, 15) is 4.79 Å². The zero-order valence-electron chi connectivity index (χ0n) is 7.73. The maximum Gasteiger partial charge on any atom is 0.303 e. The van der Waals surface area contributed by atoms with Gasteiger partial charge in [-0.2, -0.15) is 0 Å². The van der Waals surface area contributed by atoms with Crippen molar-refractivity contribution in [2.75, 3.05) is 12.0 Å². The Morgan fingerprint density at radius 2 is 2.43 bits per heavy atom. The van der Waals surface area contributed by atoms with Crippen molar-refractivity contribution in [2.24, 2.45) is 0 Å². The van der Waals surface area contributed by atoms with Crippen molar-refractivity contribution in [2.45, 2.75) is 18.0 Å². The second-order valence-electron chi connectivity index (χ2n) is 2.66. The van der Waals surface area contributed by atoms with Crippen molar-refractivity contribution < 1.29 is 9.90 Å². The van der Waals surface area contributed by atoms with Crippen molar-refractivity contribution in [1.29, 1.82) is 0 Å². The molecule has 76 valence electrons. The third kappa shape index (κ3) is 2.88. The molecule has 0 spiro atoms. The Balaban J connectivity index is 2.73. The van der Waals surface area contributed by atoms with E-state index in [1.54, 1.807) is 6.20 Å². The van der Waals surface area contributed by atoms with Crippen LogP contribution >= 0.6 is 11.8 Å². The fourth-order valence-corrected chi connectivity index (χ4v) is 1.28. The topological polar surface area (TPSA) is 89.1 Å².